The summed E-state index contributed by atoms with van der Waals surface area (Å²) in [5.74, 6) is 1.09. The zero-order valence-corrected chi connectivity index (χ0v) is 22.9. The minimum atomic E-state index is -0.365. The summed E-state index contributed by atoms with van der Waals surface area (Å²) in [6.07, 6.45) is 1.75. The Balaban J connectivity index is 1.55. The van der Waals surface area contributed by atoms with Crippen LogP contribution in [0.15, 0.2) is 77.3 Å². The maximum Gasteiger partial charge on any atom is 0.250 e. The van der Waals surface area contributed by atoms with Gasteiger partial charge in [-0.05, 0) is 73.2 Å². The Hall–Kier alpha value is -3.43. The fourth-order valence-corrected chi connectivity index (χ4v) is 5.27. The van der Waals surface area contributed by atoms with E-state index in [4.69, 9.17) is 44.6 Å². The van der Waals surface area contributed by atoms with Gasteiger partial charge in [0.05, 0.1) is 22.4 Å². The number of halogens is 2. The first kappa shape index (κ1) is 26.2. The van der Waals surface area contributed by atoms with Crippen molar-refractivity contribution in [2.45, 2.75) is 19.0 Å². The van der Waals surface area contributed by atoms with Gasteiger partial charge >= 0.3 is 0 Å². The molecule has 0 bridgehead atoms. The van der Waals surface area contributed by atoms with E-state index < -0.39 is 0 Å². The normalized spacial score (nSPS) is 16.9. The van der Waals surface area contributed by atoms with Crippen molar-refractivity contribution in [1.29, 1.82) is 0 Å². The molecule has 0 spiro atoms. The van der Waals surface area contributed by atoms with Crippen molar-refractivity contribution in [2.75, 3.05) is 23.9 Å². The van der Waals surface area contributed by atoms with Crippen LogP contribution in [0.2, 0.25) is 10.0 Å². The first-order chi connectivity index (χ1) is 18.4. The van der Waals surface area contributed by atoms with Crippen molar-refractivity contribution >= 4 is 57.8 Å². The summed E-state index contributed by atoms with van der Waals surface area (Å²) in [6.45, 7) is 1.89. The number of anilines is 2. The standard InChI is InChI=1S/C28H24Cl2N4O3S/c1-16-18(6-5-7-19(16)29)23-11-12-24(37-23)27-26(22-8-3-4-13-31-22)33-28(38)34(27)17-9-10-21(20(30)14-17)32-25(35)15-36-2/h3-14,26-27H,15H2,1-2H3,(H,32,35)(H,33,38)/t26-,27-/m0/s1. The summed E-state index contributed by atoms with van der Waals surface area (Å²) in [4.78, 5) is 18.5. The summed E-state index contributed by atoms with van der Waals surface area (Å²) < 4.78 is 11.3. The SMILES string of the molecule is COCC(=O)Nc1ccc(N2C(=S)N[C@@H](c3ccccn3)[C@@H]2c2ccc(-c3cccc(Cl)c3C)o2)cc1Cl. The molecule has 2 atom stereocenters. The number of nitrogens with one attached hydrogen (secondary N) is 2. The second-order valence-corrected chi connectivity index (χ2v) is 9.96. The molecule has 10 heteroatoms. The Morgan fingerprint density at radius 3 is 2.71 bits per heavy atom. The van der Waals surface area contributed by atoms with Gasteiger partial charge in [-0.1, -0.05) is 41.4 Å². The van der Waals surface area contributed by atoms with Crippen LogP contribution >= 0.6 is 35.4 Å². The maximum absolute atomic E-state index is 12.0. The molecule has 1 fully saturated rings. The van der Waals surface area contributed by atoms with Crippen molar-refractivity contribution in [1.82, 2.24) is 10.3 Å². The summed E-state index contributed by atoms with van der Waals surface area (Å²) in [6, 6.07) is 20.1. The Morgan fingerprint density at radius 1 is 1.13 bits per heavy atom. The van der Waals surface area contributed by atoms with Crippen LogP contribution in [0.25, 0.3) is 11.3 Å². The maximum atomic E-state index is 12.0. The lowest BCUT2D eigenvalue weighted by atomic mass is 10.0. The Morgan fingerprint density at radius 2 is 1.97 bits per heavy atom. The lowest BCUT2D eigenvalue weighted by Crippen LogP contribution is -2.29. The molecule has 7 nitrogen and oxygen atoms in total. The van der Waals surface area contributed by atoms with Crippen LogP contribution in [0.5, 0.6) is 0 Å². The number of carbonyl (C=O) groups is 1. The third-order valence-corrected chi connectivity index (χ3v) is 7.37. The molecule has 1 amide bonds. The summed E-state index contributed by atoms with van der Waals surface area (Å²) in [7, 11) is 1.46. The summed E-state index contributed by atoms with van der Waals surface area (Å²) in [5.41, 5.74) is 3.87. The minimum absolute atomic E-state index is 0.0705. The van der Waals surface area contributed by atoms with E-state index in [9.17, 15) is 4.79 Å². The average molecular weight is 567 g/mol. The molecule has 1 aliphatic heterocycles. The Bertz CT molecular complexity index is 1490. The van der Waals surface area contributed by atoms with Crippen LogP contribution in [0.1, 0.15) is 29.1 Å². The average Bonchev–Trinajstić information content (AvgIpc) is 3.52. The van der Waals surface area contributed by atoms with Crippen LogP contribution < -0.4 is 15.5 Å². The highest BCUT2D eigenvalue weighted by molar-refractivity contribution is 7.80. The molecule has 1 aliphatic rings. The van der Waals surface area contributed by atoms with Crippen LogP contribution in [-0.4, -0.2) is 29.7 Å². The molecule has 38 heavy (non-hydrogen) atoms. The van der Waals surface area contributed by atoms with Crippen molar-refractivity contribution in [3.05, 3.63) is 100.0 Å². The third-order valence-electron chi connectivity index (χ3n) is 6.33. The first-order valence-electron chi connectivity index (χ1n) is 11.8. The molecule has 4 aromatic rings. The molecule has 0 saturated carbocycles. The van der Waals surface area contributed by atoms with Crippen molar-refractivity contribution in [3.63, 3.8) is 0 Å². The molecule has 0 unspecified atom stereocenters. The number of nitrogens with zero attached hydrogens (tertiary/aromatic N) is 2. The first-order valence-corrected chi connectivity index (χ1v) is 13.0. The quantitative estimate of drug-likeness (QED) is 0.240. The largest absolute Gasteiger partial charge is 0.459 e. The number of carbonyl (C=O) groups excluding carboxylic acids is 1. The number of amides is 1. The van der Waals surface area contributed by atoms with Gasteiger partial charge in [-0.15, -0.1) is 0 Å². The van der Waals surface area contributed by atoms with Crippen molar-refractivity contribution in [3.8, 4) is 11.3 Å². The van der Waals surface area contributed by atoms with Crippen LogP contribution in [0.4, 0.5) is 11.4 Å². The molecular weight excluding hydrogens is 543 g/mol. The number of methoxy groups -OCH3 is 1. The number of benzene rings is 2. The zero-order chi connectivity index (χ0) is 26.8. The molecule has 2 aromatic carbocycles. The second kappa shape index (κ2) is 11.1. The molecule has 5 rings (SSSR count). The lowest BCUT2D eigenvalue weighted by Gasteiger charge is -2.26. The van der Waals surface area contributed by atoms with Gasteiger partial charge in [0.1, 0.15) is 24.2 Å². The Labute approximate surface area is 235 Å². The number of hydrogen-bond acceptors (Lipinski definition) is 5. The minimum Gasteiger partial charge on any atom is -0.459 e. The fraction of sp³-hybridized carbons (Fsp3) is 0.179. The zero-order valence-electron chi connectivity index (χ0n) is 20.6. The molecule has 0 radical (unpaired) electrons. The highest BCUT2D eigenvalue weighted by Gasteiger charge is 2.42. The number of furan rings is 1. The molecule has 2 aromatic heterocycles. The van der Waals surface area contributed by atoms with Crippen LogP contribution in [-0.2, 0) is 9.53 Å². The fourth-order valence-electron chi connectivity index (χ4n) is 4.53. The van der Waals surface area contributed by atoms with E-state index in [0.29, 0.717) is 32.4 Å². The van der Waals surface area contributed by atoms with E-state index in [0.717, 1.165) is 22.5 Å². The van der Waals surface area contributed by atoms with Gasteiger partial charge in [-0.2, -0.15) is 0 Å². The monoisotopic (exact) mass is 566 g/mol. The highest BCUT2D eigenvalue weighted by Crippen LogP contribution is 2.44. The molecule has 0 aliphatic carbocycles. The smallest absolute Gasteiger partial charge is 0.250 e. The second-order valence-electron chi connectivity index (χ2n) is 8.76. The molecule has 194 valence electrons. The molecular formula is C28H24Cl2N4O3S. The highest BCUT2D eigenvalue weighted by atomic mass is 35.5. The van der Waals surface area contributed by atoms with Gasteiger partial charge in [0.15, 0.2) is 5.11 Å². The van der Waals surface area contributed by atoms with Gasteiger partial charge < -0.3 is 24.7 Å². The van der Waals surface area contributed by atoms with Gasteiger partial charge in [-0.25, -0.2) is 0 Å². The van der Waals surface area contributed by atoms with E-state index in [1.807, 2.05) is 66.4 Å². The predicted molar refractivity (Wildman–Crippen MR) is 154 cm³/mol. The van der Waals surface area contributed by atoms with Gasteiger partial charge in [0.2, 0.25) is 5.91 Å². The van der Waals surface area contributed by atoms with E-state index in [-0.39, 0.29) is 24.6 Å². The number of ether oxygens (including phenoxy) is 1. The van der Waals surface area contributed by atoms with Crippen molar-refractivity contribution < 1.29 is 13.9 Å². The van der Waals surface area contributed by atoms with E-state index in [1.54, 1.807) is 18.3 Å². The summed E-state index contributed by atoms with van der Waals surface area (Å²) >= 11 is 18.7. The molecule has 2 N–H and O–H groups in total. The summed E-state index contributed by atoms with van der Waals surface area (Å²) in [5, 5.41) is 7.68. The Kier molecular flexibility index (Phi) is 7.67. The van der Waals surface area contributed by atoms with E-state index in [1.165, 1.54) is 7.11 Å². The molecule has 3 heterocycles. The number of hydrogen-bond donors (Lipinski definition) is 2. The van der Waals surface area contributed by atoms with Gasteiger partial charge in [0.25, 0.3) is 0 Å². The third kappa shape index (κ3) is 5.13. The predicted octanol–water partition coefficient (Wildman–Crippen LogP) is 6.72. The van der Waals surface area contributed by atoms with Crippen LogP contribution in [0.3, 0.4) is 0 Å². The number of thiocarbonyl (C=S) groups is 1. The number of rotatable bonds is 7. The van der Waals surface area contributed by atoms with E-state index >= 15 is 0 Å². The van der Waals surface area contributed by atoms with Crippen LogP contribution in [0, 0.1) is 6.92 Å². The van der Waals surface area contributed by atoms with Gasteiger partial charge in [-0.3, -0.25) is 9.78 Å². The van der Waals surface area contributed by atoms with E-state index in [2.05, 4.69) is 15.6 Å². The van der Waals surface area contributed by atoms with Crippen molar-refractivity contribution in [2.24, 2.45) is 0 Å². The van der Waals surface area contributed by atoms with Gasteiger partial charge in [0, 0.05) is 29.6 Å². The molecule has 1 saturated heterocycles. The topological polar surface area (TPSA) is 79.6 Å². The lowest BCUT2D eigenvalue weighted by molar-refractivity contribution is -0.119. The number of pyridine rings is 1. The number of aromatic nitrogens is 1.